The first-order chi connectivity index (χ1) is 17.5. The number of carbonyl (C=O) groups is 1. The number of benzene rings is 4. The van der Waals surface area contributed by atoms with Crippen LogP contribution in [0.15, 0.2) is 84.0 Å². The number of nitrogens with two attached hydrogens (primary N) is 2. The molecule has 1 atom stereocenters. The molecule has 4 aromatic carbocycles. The Balaban J connectivity index is 1.28. The molecule has 1 unspecified atom stereocenters. The lowest BCUT2D eigenvalue weighted by molar-refractivity contribution is -0.120. The summed E-state index contributed by atoms with van der Waals surface area (Å²) in [6.07, 6.45) is 0.349. The third-order valence-electron chi connectivity index (χ3n) is 6.79. The normalized spacial score (nSPS) is 17.3. The summed E-state index contributed by atoms with van der Waals surface area (Å²) in [5, 5.41) is 10.8. The number of hydrogen-bond donors (Lipinski definition) is 3. The number of nitrogens with zero attached hydrogens (tertiary/aromatic N) is 3. The van der Waals surface area contributed by atoms with Crippen molar-refractivity contribution in [3.8, 4) is 0 Å². The minimum absolute atomic E-state index is 0.273. The number of amides is 1. The number of halogens is 1. The maximum atomic E-state index is 13.6. The number of anilines is 3. The van der Waals surface area contributed by atoms with E-state index in [9.17, 15) is 9.18 Å². The Bertz CT molecular complexity index is 1480. The van der Waals surface area contributed by atoms with Crippen molar-refractivity contribution in [2.75, 3.05) is 16.5 Å². The van der Waals surface area contributed by atoms with E-state index in [4.69, 9.17) is 11.5 Å². The molecule has 2 aliphatic heterocycles. The predicted octanol–water partition coefficient (Wildman–Crippen LogP) is 4.50. The van der Waals surface area contributed by atoms with Gasteiger partial charge in [-0.15, -0.1) is 0 Å². The summed E-state index contributed by atoms with van der Waals surface area (Å²) in [5.74, 6) is -0.597. The highest BCUT2D eigenvalue weighted by molar-refractivity contribution is 6.39. The van der Waals surface area contributed by atoms with Crippen LogP contribution in [0.1, 0.15) is 29.2 Å². The van der Waals surface area contributed by atoms with E-state index in [1.807, 2.05) is 17.1 Å². The zero-order valence-electron chi connectivity index (χ0n) is 19.5. The Morgan fingerprint density at radius 3 is 2.31 bits per heavy atom. The van der Waals surface area contributed by atoms with Gasteiger partial charge in [0.15, 0.2) is 0 Å². The Labute approximate surface area is 207 Å². The Hall–Kier alpha value is -4.43. The predicted molar refractivity (Wildman–Crippen MR) is 140 cm³/mol. The number of rotatable bonds is 4. The Kier molecular flexibility index (Phi) is 5.30. The molecule has 0 spiro atoms. The number of nitrogen functional groups attached to an aromatic ring is 2. The first kappa shape index (κ1) is 22.1. The SMILES string of the molecule is Nc1ccc(N2N=C(C(=O)NN3Cc4cccc5cccc(c45)C3)CC2c2ccc(F)cc2)c(N)c1. The zero-order valence-corrected chi connectivity index (χ0v) is 19.5. The third kappa shape index (κ3) is 3.91. The second kappa shape index (κ2) is 8.66. The molecule has 0 saturated carbocycles. The van der Waals surface area contributed by atoms with Gasteiger partial charge in [0, 0.05) is 25.2 Å². The summed E-state index contributed by atoms with van der Waals surface area (Å²) in [6, 6.07) is 23.6. The number of carbonyl (C=O) groups excluding carboxylic acids is 1. The van der Waals surface area contributed by atoms with Crippen molar-refractivity contribution in [2.24, 2.45) is 5.10 Å². The molecule has 7 nitrogen and oxygen atoms in total. The topological polar surface area (TPSA) is 100.0 Å². The third-order valence-corrected chi connectivity index (χ3v) is 6.79. The van der Waals surface area contributed by atoms with E-state index in [-0.39, 0.29) is 17.8 Å². The molecule has 180 valence electrons. The second-order valence-electron chi connectivity index (χ2n) is 9.21. The Morgan fingerprint density at radius 1 is 0.944 bits per heavy atom. The second-order valence-corrected chi connectivity index (χ2v) is 9.21. The van der Waals surface area contributed by atoms with Crippen LogP contribution in [-0.4, -0.2) is 16.6 Å². The lowest BCUT2D eigenvalue weighted by Crippen LogP contribution is -2.45. The Morgan fingerprint density at radius 2 is 1.64 bits per heavy atom. The van der Waals surface area contributed by atoms with Crippen LogP contribution in [0, 0.1) is 5.82 Å². The molecule has 0 fully saturated rings. The number of hydrazine groups is 1. The largest absolute Gasteiger partial charge is 0.399 e. The van der Waals surface area contributed by atoms with Gasteiger partial charge >= 0.3 is 0 Å². The lowest BCUT2D eigenvalue weighted by Gasteiger charge is -2.29. The van der Waals surface area contributed by atoms with E-state index in [2.05, 4.69) is 34.8 Å². The molecule has 2 heterocycles. The number of hydrogen-bond acceptors (Lipinski definition) is 6. The van der Waals surface area contributed by atoms with Crippen molar-refractivity contribution >= 4 is 39.5 Å². The van der Waals surface area contributed by atoms with Crippen LogP contribution in [0.4, 0.5) is 21.5 Å². The summed E-state index contributed by atoms with van der Waals surface area (Å²) >= 11 is 0. The van der Waals surface area contributed by atoms with Crippen LogP contribution in [-0.2, 0) is 17.9 Å². The molecule has 0 radical (unpaired) electrons. The molecule has 6 rings (SSSR count). The zero-order chi connectivity index (χ0) is 24.8. The van der Waals surface area contributed by atoms with Crippen molar-refractivity contribution in [2.45, 2.75) is 25.6 Å². The van der Waals surface area contributed by atoms with Crippen molar-refractivity contribution in [1.29, 1.82) is 0 Å². The average molecular weight is 481 g/mol. The quantitative estimate of drug-likeness (QED) is 0.374. The molecule has 2 aliphatic rings. The summed E-state index contributed by atoms with van der Waals surface area (Å²) in [4.78, 5) is 13.4. The molecular weight excluding hydrogens is 455 g/mol. The van der Waals surface area contributed by atoms with Gasteiger partial charge in [0.25, 0.3) is 5.91 Å². The molecule has 0 aliphatic carbocycles. The van der Waals surface area contributed by atoms with Crippen LogP contribution in [0.5, 0.6) is 0 Å². The van der Waals surface area contributed by atoms with Gasteiger partial charge in [-0.2, -0.15) is 5.10 Å². The minimum Gasteiger partial charge on any atom is -0.399 e. The highest BCUT2D eigenvalue weighted by Crippen LogP contribution is 2.39. The van der Waals surface area contributed by atoms with Gasteiger partial charge in [-0.05, 0) is 57.8 Å². The van der Waals surface area contributed by atoms with E-state index in [0.717, 1.165) is 5.56 Å². The van der Waals surface area contributed by atoms with Crippen LogP contribution < -0.4 is 21.9 Å². The molecule has 0 bridgehead atoms. The van der Waals surface area contributed by atoms with Gasteiger partial charge < -0.3 is 11.5 Å². The van der Waals surface area contributed by atoms with Crippen molar-refractivity contribution in [3.05, 3.63) is 101 Å². The van der Waals surface area contributed by atoms with Gasteiger partial charge in [-0.25, -0.2) is 9.40 Å². The smallest absolute Gasteiger partial charge is 0.281 e. The van der Waals surface area contributed by atoms with Gasteiger partial charge in [-0.3, -0.25) is 15.2 Å². The molecule has 8 heteroatoms. The van der Waals surface area contributed by atoms with E-state index >= 15 is 0 Å². The highest BCUT2D eigenvalue weighted by Gasteiger charge is 2.34. The van der Waals surface area contributed by atoms with Gasteiger partial charge in [0.2, 0.25) is 0 Å². The van der Waals surface area contributed by atoms with Gasteiger partial charge in [-0.1, -0.05) is 48.5 Å². The van der Waals surface area contributed by atoms with E-state index in [0.29, 0.717) is 42.3 Å². The molecule has 0 aromatic heterocycles. The molecule has 36 heavy (non-hydrogen) atoms. The highest BCUT2D eigenvalue weighted by atomic mass is 19.1. The number of hydrazone groups is 1. The molecular formula is C28H25FN6O. The first-order valence-electron chi connectivity index (χ1n) is 11.8. The maximum absolute atomic E-state index is 13.6. The average Bonchev–Trinajstić information content (AvgIpc) is 3.30. The van der Waals surface area contributed by atoms with Crippen molar-refractivity contribution in [3.63, 3.8) is 0 Å². The van der Waals surface area contributed by atoms with Crippen molar-refractivity contribution < 1.29 is 9.18 Å². The molecule has 1 amide bonds. The fourth-order valence-electron chi connectivity index (χ4n) is 5.12. The van der Waals surface area contributed by atoms with Crippen LogP contribution in [0.2, 0.25) is 0 Å². The van der Waals surface area contributed by atoms with E-state index in [1.165, 1.54) is 34.0 Å². The van der Waals surface area contributed by atoms with Gasteiger partial charge in [0.1, 0.15) is 11.5 Å². The minimum atomic E-state index is -0.324. The summed E-state index contributed by atoms with van der Waals surface area (Å²) in [7, 11) is 0. The van der Waals surface area contributed by atoms with Crippen LogP contribution in [0.3, 0.4) is 0 Å². The van der Waals surface area contributed by atoms with Crippen molar-refractivity contribution in [1.82, 2.24) is 10.4 Å². The lowest BCUT2D eigenvalue weighted by atomic mass is 9.96. The standard InChI is InChI=1S/C28H25FN6O/c29-21-9-7-17(8-10-21)26-14-24(32-35(26)25-12-11-22(30)13-23(25)31)28(36)33-34-15-19-5-1-3-18-4-2-6-20(16-34)27(18)19/h1-13,26H,14-16,30-31H2,(H,33,36). The van der Waals surface area contributed by atoms with E-state index < -0.39 is 0 Å². The fraction of sp³-hybridized carbons (Fsp3) is 0.143. The monoisotopic (exact) mass is 480 g/mol. The maximum Gasteiger partial charge on any atom is 0.281 e. The summed E-state index contributed by atoms with van der Waals surface area (Å²) in [5.41, 5.74) is 20.4. The van der Waals surface area contributed by atoms with E-state index in [1.54, 1.807) is 35.3 Å². The van der Waals surface area contributed by atoms with Crippen LogP contribution in [0.25, 0.3) is 10.8 Å². The summed E-state index contributed by atoms with van der Waals surface area (Å²) in [6.45, 7) is 1.20. The van der Waals surface area contributed by atoms with Gasteiger partial charge in [0.05, 0.1) is 17.4 Å². The summed E-state index contributed by atoms with van der Waals surface area (Å²) < 4.78 is 13.6. The molecule has 5 N–H and O–H groups in total. The fourth-order valence-corrected chi connectivity index (χ4v) is 5.12. The number of nitrogens with one attached hydrogen (secondary N) is 1. The molecule has 0 saturated heterocycles. The van der Waals surface area contributed by atoms with Crippen LogP contribution >= 0.6 is 0 Å². The molecule has 4 aromatic rings. The first-order valence-corrected chi connectivity index (χ1v) is 11.8.